The van der Waals surface area contributed by atoms with Crippen LogP contribution in [-0.2, 0) is 14.8 Å². The number of nitrogens with zero attached hydrogens (tertiary/aromatic N) is 1. The predicted molar refractivity (Wildman–Crippen MR) is 104 cm³/mol. The topological polar surface area (TPSA) is 66.5 Å². The van der Waals surface area contributed by atoms with Crippen LogP contribution in [-0.4, -0.2) is 26.1 Å². The second-order valence-corrected chi connectivity index (χ2v) is 10.0. The molecule has 1 aliphatic heterocycles. The molecule has 0 aromatic heterocycles. The van der Waals surface area contributed by atoms with Crippen molar-refractivity contribution >= 4 is 39.1 Å². The number of nitrogens with one attached hydrogen (secondary N) is 1. The van der Waals surface area contributed by atoms with E-state index in [0.29, 0.717) is 12.2 Å². The first kappa shape index (κ1) is 18.3. The lowest BCUT2D eigenvalue weighted by Crippen LogP contribution is -2.39. The Labute approximate surface area is 162 Å². The zero-order valence-corrected chi connectivity index (χ0v) is 16.3. The lowest BCUT2D eigenvalue weighted by Gasteiger charge is -2.33. The molecule has 5 nitrogen and oxygen atoms in total. The maximum atomic E-state index is 13.8. The fourth-order valence-corrected chi connectivity index (χ4v) is 5.27. The maximum absolute atomic E-state index is 13.8. The Bertz CT molecular complexity index is 1010. The molecule has 1 N–H and O–H groups in total. The highest BCUT2D eigenvalue weighted by molar-refractivity contribution is 8.00. The highest BCUT2D eigenvalue weighted by atomic mass is 32.2. The van der Waals surface area contributed by atoms with Crippen LogP contribution in [0.15, 0.2) is 52.3 Å². The Morgan fingerprint density at radius 1 is 1.22 bits per heavy atom. The first-order valence-electron chi connectivity index (χ1n) is 8.74. The van der Waals surface area contributed by atoms with E-state index in [0.717, 1.165) is 17.7 Å². The van der Waals surface area contributed by atoms with Gasteiger partial charge >= 0.3 is 0 Å². The summed E-state index contributed by atoms with van der Waals surface area (Å²) in [7, 11) is -3.97. The number of anilines is 2. The summed E-state index contributed by atoms with van der Waals surface area (Å²) in [6.07, 6.45) is 1.78. The molecule has 1 fully saturated rings. The van der Waals surface area contributed by atoms with E-state index in [2.05, 4.69) is 4.72 Å². The molecule has 1 saturated carbocycles. The number of rotatable bonds is 4. The molecule has 4 rings (SSSR count). The van der Waals surface area contributed by atoms with Gasteiger partial charge in [-0.1, -0.05) is 19.1 Å². The summed E-state index contributed by atoms with van der Waals surface area (Å²) in [6.45, 7) is 2.60. The minimum atomic E-state index is -3.97. The van der Waals surface area contributed by atoms with Gasteiger partial charge in [0.25, 0.3) is 10.0 Å². The number of carbonyl (C=O) groups is 1. The van der Waals surface area contributed by atoms with E-state index >= 15 is 0 Å². The monoisotopic (exact) mass is 406 g/mol. The van der Waals surface area contributed by atoms with Crippen molar-refractivity contribution in [3.8, 4) is 0 Å². The predicted octanol–water partition coefficient (Wildman–Crippen LogP) is 3.86. The lowest BCUT2D eigenvalue weighted by atomic mass is 10.2. The summed E-state index contributed by atoms with van der Waals surface area (Å²) in [6, 6.07) is 10.3. The molecule has 8 heteroatoms. The molecule has 0 spiro atoms. The molecular weight excluding hydrogens is 387 g/mol. The number of sulfonamides is 1. The van der Waals surface area contributed by atoms with Gasteiger partial charge in [0.15, 0.2) is 0 Å². The van der Waals surface area contributed by atoms with Gasteiger partial charge in [0, 0.05) is 22.6 Å². The van der Waals surface area contributed by atoms with Crippen LogP contribution >= 0.6 is 11.8 Å². The molecule has 1 atom stereocenters. The van der Waals surface area contributed by atoms with Crippen molar-refractivity contribution in [2.45, 2.75) is 34.8 Å². The summed E-state index contributed by atoms with van der Waals surface area (Å²) >= 11 is 1.62. The lowest BCUT2D eigenvalue weighted by molar-refractivity contribution is -0.119. The fourth-order valence-electron chi connectivity index (χ4n) is 3.09. The van der Waals surface area contributed by atoms with E-state index in [1.54, 1.807) is 28.8 Å². The average molecular weight is 407 g/mol. The van der Waals surface area contributed by atoms with E-state index in [1.165, 1.54) is 30.3 Å². The molecular formula is C19H19FN2O3S2. The van der Waals surface area contributed by atoms with Gasteiger partial charge in [-0.05, 0) is 43.2 Å². The summed E-state index contributed by atoms with van der Waals surface area (Å²) in [5.74, 6) is -0.543. The second-order valence-electron chi connectivity index (χ2n) is 6.87. The summed E-state index contributed by atoms with van der Waals surface area (Å²) in [5, 5.41) is 0.235. The van der Waals surface area contributed by atoms with E-state index in [-0.39, 0.29) is 27.7 Å². The van der Waals surface area contributed by atoms with Crippen molar-refractivity contribution in [1.29, 1.82) is 0 Å². The van der Waals surface area contributed by atoms with Gasteiger partial charge < -0.3 is 4.90 Å². The van der Waals surface area contributed by atoms with E-state index in [4.69, 9.17) is 0 Å². The highest BCUT2D eigenvalue weighted by Gasteiger charge is 2.37. The number of thioether (sulfide) groups is 1. The van der Waals surface area contributed by atoms with Gasteiger partial charge in [-0.2, -0.15) is 0 Å². The molecule has 1 heterocycles. The third-order valence-electron chi connectivity index (χ3n) is 4.61. The smallest absolute Gasteiger partial charge is 0.262 e. The van der Waals surface area contributed by atoms with Crippen LogP contribution in [0.3, 0.4) is 0 Å². The third-order valence-corrected chi connectivity index (χ3v) is 7.12. The summed E-state index contributed by atoms with van der Waals surface area (Å²) in [5.41, 5.74) is 0.510. The van der Waals surface area contributed by atoms with Gasteiger partial charge in [0.05, 0.1) is 16.3 Å². The molecule has 2 aromatic carbocycles. The standard InChI is InChI=1S/C19H19FN2O3S2/c1-12-11-22(19(23)13-6-7-13)17-10-14(8-9-18(17)26-12)27(24,25)21-16-5-3-2-4-15(16)20/h2-5,8-10,12-13,21H,6-7,11H2,1H3/t12-/m1/s1. The van der Waals surface area contributed by atoms with Crippen molar-refractivity contribution in [1.82, 2.24) is 0 Å². The molecule has 2 aliphatic rings. The van der Waals surface area contributed by atoms with Crippen LogP contribution in [0.2, 0.25) is 0 Å². The average Bonchev–Trinajstić information content (AvgIpc) is 3.47. The van der Waals surface area contributed by atoms with E-state index < -0.39 is 15.8 Å². The Morgan fingerprint density at radius 2 is 1.96 bits per heavy atom. The minimum absolute atomic E-state index is 0.00764. The van der Waals surface area contributed by atoms with Crippen molar-refractivity contribution < 1.29 is 17.6 Å². The second kappa shape index (κ2) is 6.83. The van der Waals surface area contributed by atoms with E-state index in [1.807, 2.05) is 6.92 Å². The fraction of sp³-hybridized carbons (Fsp3) is 0.316. The number of benzene rings is 2. The SMILES string of the molecule is C[C@@H]1CN(C(=O)C2CC2)c2cc(S(=O)(=O)Nc3ccccc3F)ccc2S1. The zero-order valence-electron chi connectivity index (χ0n) is 14.7. The van der Waals surface area contributed by atoms with Gasteiger partial charge in [0.1, 0.15) is 5.82 Å². The van der Waals surface area contributed by atoms with Crippen molar-refractivity contribution in [2.75, 3.05) is 16.2 Å². The molecule has 1 amide bonds. The number of hydrogen-bond donors (Lipinski definition) is 1. The molecule has 0 radical (unpaired) electrons. The number of halogens is 1. The molecule has 142 valence electrons. The summed E-state index contributed by atoms with van der Waals surface area (Å²) < 4.78 is 41.6. The van der Waals surface area contributed by atoms with Crippen molar-refractivity contribution in [3.63, 3.8) is 0 Å². The van der Waals surface area contributed by atoms with E-state index in [9.17, 15) is 17.6 Å². The largest absolute Gasteiger partial charge is 0.310 e. The maximum Gasteiger partial charge on any atom is 0.262 e. The molecule has 2 aromatic rings. The van der Waals surface area contributed by atoms with Crippen LogP contribution in [0, 0.1) is 11.7 Å². The quantitative estimate of drug-likeness (QED) is 0.837. The van der Waals surface area contributed by atoms with Crippen molar-refractivity contribution in [2.24, 2.45) is 5.92 Å². The minimum Gasteiger partial charge on any atom is -0.310 e. The van der Waals surface area contributed by atoms with Crippen LogP contribution in [0.1, 0.15) is 19.8 Å². The number of hydrogen-bond acceptors (Lipinski definition) is 4. The van der Waals surface area contributed by atoms with Crippen molar-refractivity contribution in [3.05, 3.63) is 48.3 Å². The van der Waals surface area contributed by atoms with Crippen LogP contribution in [0.25, 0.3) is 0 Å². The molecule has 0 bridgehead atoms. The number of fused-ring (bicyclic) bond motifs is 1. The number of amides is 1. The molecule has 27 heavy (non-hydrogen) atoms. The van der Waals surface area contributed by atoms with Crippen LogP contribution < -0.4 is 9.62 Å². The molecule has 1 aliphatic carbocycles. The first-order chi connectivity index (χ1) is 12.8. The van der Waals surface area contributed by atoms with Gasteiger partial charge in [-0.25, -0.2) is 12.8 Å². The van der Waals surface area contributed by atoms with Gasteiger partial charge in [-0.15, -0.1) is 11.8 Å². The van der Waals surface area contributed by atoms with Crippen LogP contribution in [0.5, 0.6) is 0 Å². The Kier molecular flexibility index (Phi) is 4.63. The van der Waals surface area contributed by atoms with Crippen LogP contribution in [0.4, 0.5) is 15.8 Å². The number of para-hydroxylation sites is 1. The Hall–Kier alpha value is -2.06. The van der Waals surface area contributed by atoms with Gasteiger partial charge in [-0.3, -0.25) is 9.52 Å². The zero-order chi connectivity index (χ0) is 19.2. The normalized spacial score (nSPS) is 19.5. The summed E-state index contributed by atoms with van der Waals surface area (Å²) in [4.78, 5) is 15.3. The molecule has 0 unspecified atom stereocenters. The first-order valence-corrected chi connectivity index (χ1v) is 11.1. The Morgan fingerprint density at radius 3 is 2.67 bits per heavy atom. The highest BCUT2D eigenvalue weighted by Crippen LogP contribution is 2.42. The number of carbonyl (C=O) groups excluding carboxylic acids is 1. The van der Waals surface area contributed by atoms with Gasteiger partial charge in [0.2, 0.25) is 5.91 Å². The third kappa shape index (κ3) is 3.68. The Balaban J connectivity index is 1.69. The molecule has 0 saturated heterocycles.